The molecule has 0 heterocycles. The molecule has 1 rings (SSSR count). The maximum Gasteiger partial charge on any atom is 0.0593 e. The normalized spacial score (nSPS) is 11.0. The van der Waals surface area contributed by atoms with Crippen LogP contribution in [0, 0.1) is 0 Å². The summed E-state index contributed by atoms with van der Waals surface area (Å²) in [6.07, 6.45) is 1.09. The molecule has 0 aromatic heterocycles. The van der Waals surface area contributed by atoms with Gasteiger partial charge in [0.1, 0.15) is 0 Å². The lowest BCUT2D eigenvalue weighted by molar-refractivity contribution is 0.104. The van der Waals surface area contributed by atoms with E-state index in [9.17, 15) is 0 Å². The molecule has 0 bridgehead atoms. The Kier molecular flexibility index (Phi) is 8.32. The molecule has 0 N–H and O–H groups in total. The van der Waals surface area contributed by atoms with E-state index in [-0.39, 0.29) is 0 Å². The summed E-state index contributed by atoms with van der Waals surface area (Å²) in [5.41, 5.74) is 1.36. The summed E-state index contributed by atoms with van der Waals surface area (Å²) in [7, 11) is 0. The van der Waals surface area contributed by atoms with E-state index >= 15 is 0 Å². The van der Waals surface area contributed by atoms with Gasteiger partial charge in [0.25, 0.3) is 0 Å². The number of hydrogen-bond acceptors (Lipinski definition) is 2. The topological polar surface area (TPSA) is 12.5 Å². The van der Waals surface area contributed by atoms with Crippen molar-refractivity contribution in [3.63, 3.8) is 0 Å². The number of alkyl halides is 1. The van der Waals surface area contributed by atoms with Crippen LogP contribution in [0.4, 0.5) is 0 Å². The van der Waals surface area contributed by atoms with E-state index < -0.39 is 0 Å². The maximum absolute atomic E-state index is 5.54. The molecule has 0 amide bonds. The van der Waals surface area contributed by atoms with E-state index in [2.05, 4.69) is 58.1 Å². The molecule has 0 aliphatic rings. The van der Waals surface area contributed by atoms with Crippen LogP contribution in [0.1, 0.15) is 18.9 Å². The van der Waals surface area contributed by atoms with Gasteiger partial charge in [-0.1, -0.05) is 53.2 Å². The zero-order chi connectivity index (χ0) is 12.3. The summed E-state index contributed by atoms with van der Waals surface area (Å²) >= 11 is 3.50. The predicted molar refractivity (Wildman–Crippen MR) is 76.6 cm³/mol. The first kappa shape index (κ1) is 14.7. The summed E-state index contributed by atoms with van der Waals surface area (Å²) in [5, 5.41) is 1.01. The molecule has 3 heteroatoms. The van der Waals surface area contributed by atoms with Crippen molar-refractivity contribution in [2.75, 3.05) is 31.6 Å². The molecule has 0 saturated carbocycles. The molecule has 0 unspecified atom stereocenters. The Bertz CT molecular complexity index is 279. The number of ether oxygens (including phenoxy) is 1. The van der Waals surface area contributed by atoms with Gasteiger partial charge in [-0.15, -0.1) is 0 Å². The summed E-state index contributed by atoms with van der Waals surface area (Å²) in [6, 6.07) is 10.6. The highest BCUT2D eigenvalue weighted by Gasteiger charge is 2.04. The van der Waals surface area contributed by atoms with Gasteiger partial charge in [0.2, 0.25) is 0 Å². The van der Waals surface area contributed by atoms with Gasteiger partial charge >= 0.3 is 0 Å². The monoisotopic (exact) mass is 299 g/mol. The van der Waals surface area contributed by atoms with Crippen molar-refractivity contribution in [3.05, 3.63) is 35.9 Å². The first-order valence-electron chi connectivity index (χ1n) is 6.26. The van der Waals surface area contributed by atoms with Crippen molar-refractivity contribution in [2.24, 2.45) is 0 Å². The maximum atomic E-state index is 5.54. The number of benzene rings is 1. The van der Waals surface area contributed by atoms with Crippen molar-refractivity contribution in [1.82, 2.24) is 4.90 Å². The Morgan fingerprint density at radius 2 is 1.88 bits per heavy atom. The van der Waals surface area contributed by atoms with Gasteiger partial charge in [-0.25, -0.2) is 0 Å². The molecule has 0 fully saturated rings. The predicted octanol–water partition coefficient (Wildman–Crippen LogP) is 3.31. The van der Waals surface area contributed by atoms with Crippen molar-refractivity contribution in [3.8, 4) is 0 Å². The molecular weight excluding hydrogens is 278 g/mol. The lowest BCUT2D eigenvalue weighted by Crippen LogP contribution is -2.29. The van der Waals surface area contributed by atoms with E-state index in [0.29, 0.717) is 0 Å². The van der Waals surface area contributed by atoms with Crippen LogP contribution in [0.2, 0.25) is 0 Å². The SMILES string of the molecule is CCCOCCN(CCBr)Cc1ccccc1. The molecule has 0 aliphatic carbocycles. The highest BCUT2D eigenvalue weighted by molar-refractivity contribution is 9.09. The van der Waals surface area contributed by atoms with E-state index in [1.54, 1.807) is 0 Å². The molecule has 0 radical (unpaired) electrons. The van der Waals surface area contributed by atoms with Crippen LogP contribution < -0.4 is 0 Å². The summed E-state index contributed by atoms with van der Waals surface area (Å²) < 4.78 is 5.54. The van der Waals surface area contributed by atoms with Crippen LogP contribution in [-0.2, 0) is 11.3 Å². The van der Waals surface area contributed by atoms with Gasteiger partial charge in [-0.2, -0.15) is 0 Å². The zero-order valence-corrected chi connectivity index (χ0v) is 12.2. The molecule has 0 aliphatic heterocycles. The second kappa shape index (κ2) is 9.63. The largest absolute Gasteiger partial charge is 0.380 e. The van der Waals surface area contributed by atoms with E-state index in [0.717, 1.165) is 44.6 Å². The fraction of sp³-hybridized carbons (Fsp3) is 0.571. The average Bonchev–Trinajstić information content (AvgIpc) is 2.36. The van der Waals surface area contributed by atoms with Gasteiger partial charge in [0.15, 0.2) is 0 Å². The second-order valence-corrected chi connectivity index (χ2v) is 4.86. The van der Waals surface area contributed by atoms with E-state index in [4.69, 9.17) is 4.74 Å². The Morgan fingerprint density at radius 1 is 1.12 bits per heavy atom. The highest BCUT2D eigenvalue weighted by Crippen LogP contribution is 2.04. The highest BCUT2D eigenvalue weighted by atomic mass is 79.9. The second-order valence-electron chi connectivity index (χ2n) is 4.06. The van der Waals surface area contributed by atoms with Crippen molar-refractivity contribution in [1.29, 1.82) is 0 Å². The molecule has 0 spiro atoms. The molecular formula is C14H22BrNO. The van der Waals surface area contributed by atoms with Crippen LogP contribution >= 0.6 is 15.9 Å². The standard InChI is InChI=1S/C14H22BrNO/c1-2-11-17-12-10-16(9-8-15)13-14-6-4-3-5-7-14/h3-7H,2,8-13H2,1H3. The van der Waals surface area contributed by atoms with Gasteiger partial charge in [0.05, 0.1) is 6.61 Å². The minimum atomic E-state index is 0.827. The number of halogens is 1. The summed E-state index contributed by atoms with van der Waals surface area (Å²) in [6.45, 7) is 6.90. The Morgan fingerprint density at radius 3 is 2.53 bits per heavy atom. The third kappa shape index (κ3) is 6.81. The number of hydrogen-bond donors (Lipinski definition) is 0. The fourth-order valence-corrected chi connectivity index (χ4v) is 2.17. The zero-order valence-electron chi connectivity index (χ0n) is 10.6. The Labute approximate surface area is 113 Å². The molecule has 1 aromatic rings. The molecule has 2 nitrogen and oxygen atoms in total. The van der Waals surface area contributed by atoms with E-state index in [1.165, 1.54) is 5.56 Å². The summed E-state index contributed by atoms with van der Waals surface area (Å²) in [4.78, 5) is 2.42. The van der Waals surface area contributed by atoms with Crippen LogP contribution in [-0.4, -0.2) is 36.5 Å². The quantitative estimate of drug-likeness (QED) is 0.512. The van der Waals surface area contributed by atoms with Crippen LogP contribution in [0.25, 0.3) is 0 Å². The first-order chi connectivity index (χ1) is 8.36. The molecule has 0 saturated heterocycles. The Balaban J connectivity index is 2.32. The van der Waals surface area contributed by atoms with Gasteiger partial charge in [0, 0.05) is 31.6 Å². The first-order valence-corrected chi connectivity index (χ1v) is 7.39. The number of rotatable bonds is 9. The Hall–Kier alpha value is -0.380. The third-order valence-corrected chi connectivity index (χ3v) is 2.90. The third-order valence-electron chi connectivity index (χ3n) is 2.55. The van der Waals surface area contributed by atoms with Crippen LogP contribution in [0.15, 0.2) is 30.3 Å². The van der Waals surface area contributed by atoms with Crippen molar-refractivity contribution in [2.45, 2.75) is 19.9 Å². The smallest absolute Gasteiger partial charge is 0.0593 e. The lowest BCUT2D eigenvalue weighted by atomic mass is 10.2. The van der Waals surface area contributed by atoms with Crippen molar-refractivity contribution >= 4 is 15.9 Å². The van der Waals surface area contributed by atoms with Crippen LogP contribution in [0.5, 0.6) is 0 Å². The summed E-state index contributed by atoms with van der Waals surface area (Å²) in [5.74, 6) is 0. The molecule has 17 heavy (non-hydrogen) atoms. The average molecular weight is 300 g/mol. The van der Waals surface area contributed by atoms with Crippen molar-refractivity contribution < 1.29 is 4.74 Å². The van der Waals surface area contributed by atoms with Gasteiger partial charge in [-0.3, -0.25) is 4.90 Å². The minimum absolute atomic E-state index is 0.827. The molecule has 0 atom stereocenters. The number of nitrogens with zero attached hydrogens (tertiary/aromatic N) is 1. The molecule has 96 valence electrons. The minimum Gasteiger partial charge on any atom is -0.380 e. The van der Waals surface area contributed by atoms with E-state index in [1.807, 2.05) is 0 Å². The van der Waals surface area contributed by atoms with Gasteiger partial charge < -0.3 is 4.74 Å². The lowest BCUT2D eigenvalue weighted by Gasteiger charge is -2.21. The fourth-order valence-electron chi connectivity index (χ4n) is 1.67. The van der Waals surface area contributed by atoms with Gasteiger partial charge in [-0.05, 0) is 12.0 Å². The molecule has 1 aromatic carbocycles. The van der Waals surface area contributed by atoms with Crippen LogP contribution in [0.3, 0.4) is 0 Å².